The standard InChI is InChI=1S/C10H18N2O/c1-4-10(2,3)8-12-9(13)6-5-7-11/h4-6,8H2,1-3H3,(H,12,13). The molecule has 13 heavy (non-hydrogen) atoms. The van der Waals surface area contributed by atoms with Crippen LogP contribution in [0, 0.1) is 16.7 Å². The van der Waals surface area contributed by atoms with E-state index in [1.54, 1.807) is 0 Å². The molecule has 0 fully saturated rings. The lowest BCUT2D eigenvalue weighted by Gasteiger charge is -2.22. The van der Waals surface area contributed by atoms with E-state index in [4.69, 9.17) is 5.26 Å². The molecule has 0 rings (SSSR count). The van der Waals surface area contributed by atoms with Gasteiger partial charge in [-0.1, -0.05) is 20.8 Å². The molecule has 1 amide bonds. The molecular formula is C10H18N2O. The van der Waals surface area contributed by atoms with E-state index in [0.717, 1.165) is 6.42 Å². The van der Waals surface area contributed by atoms with Crippen LogP contribution in [0.3, 0.4) is 0 Å². The van der Waals surface area contributed by atoms with E-state index in [1.807, 2.05) is 6.07 Å². The molecule has 0 unspecified atom stereocenters. The molecule has 0 heterocycles. The number of nitrogens with zero attached hydrogens (tertiary/aromatic N) is 1. The highest BCUT2D eigenvalue weighted by Crippen LogP contribution is 2.17. The summed E-state index contributed by atoms with van der Waals surface area (Å²) >= 11 is 0. The predicted molar refractivity (Wildman–Crippen MR) is 51.9 cm³/mol. The summed E-state index contributed by atoms with van der Waals surface area (Å²) in [7, 11) is 0. The maximum absolute atomic E-state index is 11.1. The number of hydrogen-bond donors (Lipinski definition) is 1. The largest absolute Gasteiger partial charge is 0.356 e. The summed E-state index contributed by atoms with van der Waals surface area (Å²) in [6.45, 7) is 7.00. The molecule has 0 radical (unpaired) electrons. The molecule has 0 aliphatic rings. The molecule has 0 aromatic heterocycles. The highest BCUT2D eigenvalue weighted by Gasteiger charge is 2.15. The lowest BCUT2D eigenvalue weighted by molar-refractivity contribution is -0.121. The van der Waals surface area contributed by atoms with Crippen molar-refractivity contribution in [2.75, 3.05) is 6.54 Å². The molecule has 0 atom stereocenters. The van der Waals surface area contributed by atoms with Gasteiger partial charge in [0, 0.05) is 19.4 Å². The summed E-state index contributed by atoms with van der Waals surface area (Å²) in [6.07, 6.45) is 1.65. The van der Waals surface area contributed by atoms with Crippen LogP contribution in [-0.4, -0.2) is 12.5 Å². The van der Waals surface area contributed by atoms with Crippen LogP contribution in [0.1, 0.15) is 40.0 Å². The van der Waals surface area contributed by atoms with Gasteiger partial charge in [-0.2, -0.15) is 5.26 Å². The molecule has 3 nitrogen and oxygen atoms in total. The lowest BCUT2D eigenvalue weighted by atomic mass is 9.90. The van der Waals surface area contributed by atoms with E-state index in [0.29, 0.717) is 19.4 Å². The molecule has 0 aliphatic carbocycles. The molecular weight excluding hydrogens is 164 g/mol. The fraction of sp³-hybridized carbons (Fsp3) is 0.800. The SMILES string of the molecule is CCC(C)(C)CNC(=O)CCC#N. The van der Waals surface area contributed by atoms with E-state index < -0.39 is 0 Å². The quantitative estimate of drug-likeness (QED) is 0.705. The second-order valence-corrected chi connectivity index (χ2v) is 3.95. The Bertz CT molecular complexity index is 203. The average Bonchev–Trinajstić information content (AvgIpc) is 2.11. The van der Waals surface area contributed by atoms with Crippen molar-refractivity contribution in [1.29, 1.82) is 5.26 Å². The highest BCUT2D eigenvalue weighted by molar-refractivity contribution is 5.76. The fourth-order valence-electron chi connectivity index (χ4n) is 0.721. The minimum Gasteiger partial charge on any atom is -0.356 e. The minimum atomic E-state index is -0.0249. The molecule has 0 aromatic rings. The van der Waals surface area contributed by atoms with Gasteiger partial charge in [-0.15, -0.1) is 0 Å². The summed E-state index contributed by atoms with van der Waals surface area (Å²) in [5, 5.41) is 11.1. The number of carbonyl (C=O) groups is 1. The molecule has 0 spiro atoms. The third-order valence-electron chi connectivity index (χ3n) is 2.19. The third-order valence-corrected chi connectivity index (χ3v) is 2.19. The van der Waals surface area contributed by atoms with Gasteiger partial charge in [-0.25, -0.2) is 0 Å². The van der Waals surface area contributed by atoms with E-state index in [1.165, 1.54) is 0 Å². The first-order chi connectivity index (χ1) is 6.02. The van der Waals surface area contributed by atoms with Crippen molar-refractivity contribution in [2.45, 2.75) is 40.0 Å². The number of amides is 1. The zero-order valence-corrected chi connectivity index (χ0v) is 8.68. The monoisotopic (exact) mass is 182 g/mol. The van der Waals surface area contributed by atoms with Gasteiger partial charge in [0.05, 0.1) is 6.07 Å². The van der Waals surface area contributed by atoms with Crippen LogP contribution in [-0.2, 0) is 4.79 Å². The molecule has 0 aliphatic heterocycles. The first-order valence-corrected chi connectivity index (χ1v) is 4.65. The van der Waals surface area contributed by atoms with Crippen molar-refractivity contribution in [3.05, 3.63) is 0 Å². The van der Waals surface area contributed by atoms with Crippen LogP contribution in [0.5, 0.6) is 0 Å². The van der Waals surface area contributed by atoms with E-state index >= 15 is 0 Å². The van der Waals surface area contributed by atoms with Crippen molar-refractivity contribution >= 4 is 5.91 Å². The van der Waals surface area contributed by atoms with Crippen molar-refractivity contribution in [1.82, 2.24) is 5.32 Å². The van der Waals surface area contributed by atoms with Gasteiger partial charge < -0.3 is 5.32 Å². The van der Waals surface area contributed by atoms with Crippen LogP contribution in [0.15, 0.2) is 0 Å². The van der Waals surface area contributed by atoms with Crippen molar-refractivity contribution in [3.8, 4) is 6.07 Å². The van der Waals surface area contributed by atoms with Gasteiger partial charge in [-0.05, 0) is 11.8 Å². The molecule has 0 saturated heterocycles. The van der Waals surface area contributed by atoms with E-state index in [2.05, 4.69) is 26.1 Å². The maximum Gasteiger partial charge on any atom is 0.221 e. The lowest BCUT2D eigenvalue weighted by Crippen LogP contribution is -2.33. The third kappa shape index (κ3) is 6.15. The molecule has 0 saturated carbocycles. The van der Waals surface area contributed by atoms with Crippen LogP contribution in [0.4, 0.5) is 0 Å². The Morgan fingerprint density at radius 1 is 1.54 bits per heavy atom. The van der Waals surface area contributed by atoms with E-state index in [9.17, 15) is 4.79 Å². The van der Waals surface area contributed by atoms with Gasteiger partial charge >= 0.3 is 0 Å². The molecule has 74 valence electrons. The Morgan fingerprint density at radius 3 is 2.62 bits per heavy atom. The first-order valence-electron chi connectivity index (χ1n) is 4.65. The van der Waals surface area contributed by atoms with Crippen LogP contribution in [0.25, 0.3) is 0 Å². The molecule has 1 N–H and O–H groups in total. The number of carbonyl (C=O) groups excluding carboxylic acids is 1. The number of nitriles is 1. The Hall–Kier alpha value is -1.04. The van der Waals surface area contributed by atoms with Crippen molar-refractivity contribution in [3.63, 3.8) is 0 Å². The summed E-state index contributed by atoms with van der Waals surface area (Å²) in [6, 6.07) is 1.95. The second kappa shape index (κ2) is 5.58. The Kier molecular flexibility index (Phi) is 5.13. The number of rotatable bonds is 5. The summed E-state index contributed by atoms with van der Waals surface area (Å²) in [4.78, 5) is 11.1. The number of nitrogens with one attached hydrogen (secondary N) is 1. The maximum atomic E-state index is 11.1. The Balaban J connectivity index is 3.65. The van der Waals surface area contributed by atoms with Gasteiger partial charge in [0.1, 0.15) is 0 Å². The summed E-state index contributed by atoms with van der Waals surface area (Å²) < 4.78 is 0. The molecule has 3 heteroatoms. The Morgan fingerprint density at radius 2 is 2.15 bits per heavy atom. The minimum absolute atomic E-state index is 0.0249. The average molecular weight is 182 g/mol. The van der Waals surface area contributed by atoms with Gasteiger partial charge in [0.15, 0.2) is 0 Å². The van der Waals surface area contributed by atoms with Crippen LogP contribution in [0.2, 0.25) is 0 Å². The fourth-order valence-corrected chi connectivity index (χ4v) is 0.721. The van der Waals surface area contributed by atoms with E-state index in [-0.39, 0.29) is 11.3 Å². The van der Waals surface area contributed by atoms with Crippen molar-refractivity contribution < 1.29 is 4.79 Å². The summed E-state index contributed by atoms with van der Waals surface area (Å²) in [5.41, 5.74) is 0.155. The van der Waals surface area contributed by atoms with Gasteiger partial charge in [0.2, 0.25) is 5.91 Å². The van der Waals surface area contributed by atoms with Gasteiger partial charge in [-0.3, -0.25) is 4.79 Å². The highest BCUT2D eigenvalue weighted by atomic mass is 16.1. The van der Waals surface area contributed by atoms with Gasteiger partial charge in [0.25, 0.3) is 0 Å². The Labute approximate surface area is 80.1 Å². The smallest absolute Gasteiger partial charge is 0.221 e. The molecule has 0 aromatic carbocycles. The number of hydrogen-bond acceptors (Lipinski definition) is 2. The zero-order valence-electron chi connectivity index (χ0n) is 8.68. The van der Waals surface area contributed by atoms with Crippen LogP contribution >= 0.6 is 0 Å². The second-order valence-electron chi connectivity index (χ2n) is 3.95. The topological polar surface area (TPSA) is 52.9 Å². The predicted octanol–water partition coefficient (Wildman–Crippen LogP) is 1.84. The van der Waals surface area contributed by atoms with Crippen molar-refractivity contribution in [2.24, 2.45) is 5.41 Å². The van der Waals surface area contributed by atoms with Crippen LogP contribution < -0.4 is 5.32 Å². The zero-order chi connectivity index (χ0) is 10.3. The summed E-state index contributed by atoms with van der Waals surface area (Å²) in [5.74, 6) is -0.0249. The molecule has 0 bridgehead atoms. The first kappa shape index (κ1) is 12.0. The normalized spacial score (nSPS) is 10.6.